The predicted molar refractivity (Wildman–Crippen MR) is 97.9 cm³/mol. The lowest BCUT2D eigenvalue weighted by Crippen LogP contribution is -2.60. The number of imide groups is 1. The minimum Gasteiger partial charge on any atom is -0.298 e. The van der Waals surface area contributed by atoms with E-state index >= 15 is 0 Å². The lowest BCUT2D eigenvalue weighted by molar-refractivity contribution is -0.142. The van der Waals surface area contributed by atoms with Gasteiger partial charge < -0.3 is 0 Å². The van der Waals surface area contributed by atoms with Crippen LogP contribution in [-0.2, 0) is 11.2 Å². The maximum atomic E-state index is 13.3. The SMILES string of the molecule is C=CC[C@]1(Cc2ccccc2)CNCN(C(=O)c2ccccc2)C1=O. The second kappa shape index (κ2) is 7.45. The summed E-state index contributed by atoms with van der Waals surface area (Å²) in [6, 6.07) is 18.8. The van der Waals surface area contributed by atoms with E-state index in [9.17, 15) is 9.59 Å². The molecule has 1 heterocycles. The number of carbonyl (C=O) groups excluding carboxylic acids is 2. The number of rotatable bonds is 5. The Balaban J connectivity index is 1.90. The lowest BCUT2D eigenvalue weighted by Gasteiger charge is -2.41. The summed E-state index contributed by atoms with van der Waals surface area (Å²) in [6.45, 7) is 4.59. The molecule has 4 nitrogen and oxygen atoms in total. The Morgan fingerprint density at radius 3 is 2.40 bits per heavy atom. The molecule has 0 radical (unpaired) electrons. The first kappa shape index (κ1) is 17.1. The van der Waals surface area contributed by atoms with Gasteiger partial charge in [0.05, 0.1) is 12.1 Å². The van der Waals surface area contributed by atoms with Gasteiger partial charge in [0.1, 0.15) is 0 Å². The van der Waals surface area contributed by atoms with Crippen molar-refractivity contribution in [3.8, 4) is 0 Å². The fraction of sp³-hybridized carbons (Fsp3) is 0.238. The van der Waals surface area contributed by atoms with Crippen LogP contribution in [0.5, 0.6) is 0 Å². The molecule has 0 unspecified atom stereocenters. The van der Waals surface area contributed by atoms with E-state index < -0.39 is 5.41 Å². The van der Waals surface area contributed by atoms with Crippen molar-refractivity contribution in [2.45, 2.75) is 12.8 Å². The molecule has 2 aromatic rings. The maximum absolute atomic E-state index is 13.3. The average molecular weight is 334 g/mol. The molecular weight excluding hydrogens is 312 g/mol. The van der Waals surface area contributed by atoms with Crippen LogP contribution >= 0.6 is 0 Å². The Kier molecular flexibility index (Phi) is 5.10. The van der Waals surface area contributed by atoms with Gasteiger partial charge in [-0.2, -0.15) is 0 Å². The first-order valence-electron chi connectivity index (χ1n) is 8.43. The highest BCUT2D eigenvalue weighted by atomic mass is 16.2. The quantitative estimate of drug-likeness (QED) is 0.675. The Bertz CT molecular complexity index is 758. The van der Waals surface area contributed by atoms with Crippen LogP contribution in [0.4, 0.5) is 0 Å². The van der Waals surface area contributed by atoms with Crippen LogP contribution in [0.1, 0.15) is 22.3 Å². The van der Waals surface area contributed by atoms with Crippen LogP contribution in [0.2, 0.25) is 0 Å². The highest BCUT2D eigenvalue weighted by Crippen LogP contribution is 2.32. The van der Waals surface area contributed by atoms with Crippen molar-refractivity contribution >= 4 is 11.8 Å². The highest BCUT2D eigenvalue weighted by Gasteiger charge is 2.45. The molecule has 1 atom stereocenters. The second-order valence-electron chi connectivity index (χ2n) is 6.42. The van der Waals surface area contributed by atoms with Crippen LogP contribution < -0.4 is 5.32 Å². The van der Waals surface area contributed by atoms with Crippen molar-refractivity contribution in [3.63, 3.8) is 0 Å². The number of nitrogens with one attached hydrogen (secondary N) is 1. The van der Waals surface area contributed by atoms with Crippen molar-refractivity contribution in [1.82, 2.24) is 10.2 Å². The molecule has 2 amide bonds. The first-order chi connectivity index (χ1) is 12.2. The molecule has 25 heavy (non-hydrogen) atoms. The zero-order valence-electron chi connectivity index (χ0n) is 14.2. The molecule has 0 bridgehead atoms. The lowest BCUT2D eigenvalue weighted by atomic mass is 9.76. The van der Waals surface area contributed by atoms with Gasteiger partial charge in [0.2, 0.25) is 5.91 Å². The van der Waals surface area contributed by atoms with Crippen molar-refractivity contribution < 1.29 is 9.59 Å². The van der Waals surface area contributed by atoms with Crippen LogP contribution in [0.15, 0.2) is 73.3 Å². The summed E-state index contributed by atoms with van der Waals surface area (Å²) in [5.41, 5.74) is 0.909. The summed E-state index contributed by atoms with van der Waals surface area (Å²) in [4.78, 5) is 27.4. The molecule has 0 aliphatic carbocycles. The van der Waals surface area contributed by atoms with Crippen LogP contribution in [0.3, 0.4) is 0 Å². The standard InChI is InChI=1S/C21H22N2O2/c1-2-13-21(14-17-9-5-3-6-10-17)15-22-16-23(20(21)25)19(24)18-11-7-4-8-12-18/h2-12,22H,1,13-16H2/t21-/m0/s1. The van der Waals surface area contributed by atoms with Gasteiger partial charge in [-0.25, -0.2) is 0 Å². The summed E-state index contributed by atoms with van der Waals surface area (Å²) in [5.74, 6) is -0.400. The largest absolute Gasteiger partial charge is 0.298 e. The van der Waals surface area contributed by atoms with E-state index in [0.29, 0.717) is 24.9 Å². The van der Waals surface area contributed by atoms with Gasteiger partial charge in [-0.05, 0) is 30.5 Å². The zero-order valence-corrected chi connectivity index (χ0v) is 14.2. The summed E-state index contributed by atoms with van der Waals surface area (Å²) in [6.07, 6.45) is 2.86. The minimum atomic E-state index is -0.689. The summed E-state index contributed by atoms with van der Waals surface area (Å²) < 4.78 is 0. The van der Waals surface area contributed by atoms with E-state index in [0.717, 1.165) is 5.56 Å². The molecule has 0 spiro atoms. The molecule has 1 fully saturated rings. The van der Waals surface area contributed by atoms with Crippen molar-refractivity contribution in [3.05, 3.63) is 84.4 Å². The number of benzene rings is 2. The molecular formula is C21H22N2O2. The van der Waals surface area contributed by atoms with E-state index in [2.05, 4.69) is 11.9 Å². The average Bonchev–Trinajstić information content (AvgIpc) is 2.65. The van der Waals surface area contributed by atoms with E-state index in [1.54, 1.807) is 30.3 Å². The number of carbonyl (C=O) groups is 2. The third-order valence-corrected chi connectivity index (χ3v) is 4.62. The van der Waals surface area contributed by atoms with Crippen molar-refractivity contribution in [1.29, 1.82) is 0 Å². The van der Waals surface area contributed by atoms with Gasteiger partial charge in [0.25, 0.3) is 5.91 Å². The molecule has 2 aromatic carbocycles. The summed E-state index contributed by atoms with van der Waals surface area (Å²) >= 11 is 0. The first-order valence-corrected chi connectivity index (χ1v) is 8.43. The number of hydrogen-bond acceptors (Lipinski definition) is 3. The zero-order chi connectivity index (χ0) is 17.7. The molecule has 3 rings (SSSR count). The van der Waals surface area contributed by atoms with E-state index in [1.165, 1.54) is 4.90 Å². The van der Waals surface area contributed by atoms with E-state index in [1.807, 2.05) is 36.4 Å². The topological polar surface area (TPSA) is 49.4 Å². The van der Waals surface area contributed by atoms with Gasteiger partial charge in [-0.15, -0.1) is 6.58 Å². The number of amides is 2. The monoisotopic (exact) mass is 334 g/mol. The number of nitrogens with zero attached hydrogens (tertiary/aromatic N) is 1. The van der Waals surface area contributed by atoms with Crippen molar-refractivity contribution in [2.75, 3.05) is 13.2 Å². The van der Waals surface area contributed by atoms with E-state index in [-0.39, 0.29) is 18.5 Å². The van der Waals surface area contributed by atoms with Crippen LogP contribution in [-0.4, -0.2) is 29.9 Å². The molecule has 0 saturated carbocycles. The number of hydrogen-bond donors (Lipinski definition) is 1. The third kappa shape index (κ3) is 3.54. The molecule has 4 heteroatoms. The maximum Gasteiger partial charge on any atom is 0.261 e. The van der Waals surface area contributed by atoms with Crippen molar-refractivity contribution in [2.24, 2.45) is 5.41 Å². The molecule has 128 valence electrons. The molecule has 0 aromatic heterocycles. The molecule has 1 saturated heterocycles. The fourth-order valence-corrected chi connectivity index (χ4v) is 3.37. The Hall–Kier alpha value is -2.72. The fourth-order valence-electron chi connectivity index (χ4n) is 3.37. The van der Waals surface area contributed by atoms with Gasteiger partial charge in [-0.3, -0.25) is 19.8 Å². The molecule has 1 aliphatic heterocycles. The summed E-state index contributed by atoms with van der Waals surface area (Å²) in [7, 11) is 0. The summed E-state index contributed by atoms with van der Waals surface area (Å²) in [5, 5.41) is 3.25. The smallest absolute Gasteiger partial charge is 0.261 e. The predicted octanol–water partition coefficient (Wildman–Crippen LogP) is 3.02. The second-order valence-corrected chi connectivity index (χ2v) is 6.42. The van der Waals surface area contributed by atoms with Crippen LogP contribution in [0.25, 0.3) is 0 Å². The van der Waals surface area contributed by atoms with E-state index in [4.69, 9.17) is 0 Å². The van der Waals surface area contributed by atoms with Gasteiger partial charge in [0.15, 0.2) is 0 Å². The minimum absolute atomic E-state index is 0.135. The van der Waals surface area contributed by atoms with Gasteiger partial charge >= 0.3 is 0 Å². The Morgan fingerprint density at radius 1 is 1.12 bits per heavy atom. The van der Waals surface area contributed by atoms with Gasteiger partial charge in [-0.1, -0.05) is 54.6 Å². The number of allylic oxidation sites excluding steroid dienone is 1. The Labute approximate surface area is 148 Å². The highest BCUT2D eigenvalue weighted by molar-refractivity contribution is 6.06. The molecule has 1 N–H and O–H groups in total. The third-order valence-electron chi connectivity index (χ3n) is 4.62. The van der Waals surface area contributed by atoms with Crippen LogP contribution in [0, 0.1) is 5.41 Å². The van der Waals surface area contributed by atoms with Gasteiger partial charge in [0, 0.05) is 12.1 Å². The normalized spacial score (nSPS) is 20.3. The Morgan fingerprint density at radius 2 is 1.76 bits per heavy atom. The molecule has 1 aliphatic rings.